The number of nitro groups is 1. The minimum absolute atomic E-state index is 0.0305. The average molecular weight is 472 g/mol. The van der Waals surface area contributed by atoms with E-state index in [0.29, 0.717) is 27.3 Å². The topological polar surface area (TPSA) is 118 Å². The number of halogens is 1. The van der Waals surface area contributed by atoms with Crippen LogP contribution in [0, 0.1) is 24.0 Å². The summed E-state index contributed by atoms with van der Waals surface area (Å²) < 4.78 is 0. The van der Waals surface area contributed by atoms with E-state index >= 15 is 0 Å². The zero-order valence-electron chi connectivity index (χ0n) is 17.2. The maximum atomic E-state index is 12.6. The number of nitrogens with one attached hydrogen (secondary N) is 1. The van der Waals surface area contributed by atoms with Gasteiger partial charge >= 0.3 is 0 Å². The summed E-state index contributed by atoms with van der Waals surface area (Å²) in [5.74, 6) is -0.617. The molecule has 0 spiro atoms. The lowest BCUT2D eigenvalue weighted by atomic mass is 10.1. The summed E-state index contributed by atoms with van der Waals surface area (Å²) in [4.78, 5) is 37.2. The molecule has 0 bridgehead atoms. The number of nitrogens with zero attached hydrogens (tertiary/aromatic N) is 4. The molecule has 2 heterocycles. The monoisotopic (exact) mass is 471 g/mol. The smallest absolute Gasteiger partial charge is 0.272 e. The first-order chi connectivity index (χ1) is 15.2. The Kier molecular flexibility index (Phi) is 5.90. The van der Waals surface area contributed by atoms with Gasteiger partial charge in [0, 0.05) is 46.8 Å². The van der Waals surface area contributed by atoms with Gasteiger partial charge in [0.25, 0.3) is 11.6 Å². The van der Waals surface area contributed by atoms with Crippen LogP contribution in [0.1, 0.15) is 38.8 Å². The third-order valence-corrected chi connectivity index (χ3v) is 6.67. The number of anilines is 2. The van der Waals surface area contributed by atoms with Gasteiger partial charge in [-0.25, -0.2) is 0 Å². The third-order valence-electron chi connectivity index (χ3n) is 5.26. The standard InChI is InChI=1S/C21H18ClN5O4S/c1-11-3-5-15(9-16(11)22)26-10-14(8-18(26)28)20-24-25-21(32-20)23-19(29)13-4-6-17(27(30)31)12(2)7-13/h3-7,9,14H,8,10H2,1-2H3,(H,23,25,29). The Morgan fingerprint density at radius 3 is 2.69 bits per heavy atom. The highest BCUT2D eigenvalue weighted by Crippen LogP contribution is 2.35. The fourth-order valence-electron chi connectivity index (χ4n) is 3.49. The minimum atomic E-state index is -0.495. The molecule has 1 aliphatic rings. The zero-order chi connectivity index (χ0) is 23.0. The SMILES string of the molecule is Cc1ccc(N2CC(c3nnc(NC(=O)c4ccc([N+](=O)[O-])c(C)c4)s3)CC2=O)cc1Cl. The molecule has 2 amide bonds. The second-order valence-electron chi connectivity index (χ2n) is 7.50. The van der Waals surface area contributed by atoms with Crippen molar-refractivity contribution in [2.45, 2.75) is 26.2 Å². The summed E-state index contributed by atoms with van der Waals surface area (Å²) >= 11 is 7.40. The Morgan fingerprint density at radius 2 is 2.00 bits per heavy atom. The highest BCUT2D eigenvalue weighted by Gasteiger charge is 2.34. The van der Waals surface area contributed by atoms with Gasteiger partial charge in [-0.2, -0.15) is 0 Å². The Labute approximate surface area is 192 Å². The van der Waals surface area contributed by atoms with Crippen molar-refractivity contribution < 1.29 is 14.5 Å². The molecule has 3 aromatic rings. The van der Waals surface area contributed by atoms with Crippen LogP contribution in [0.2, 0.25) is 5.02 Å². The van der Waals surface area contributed by atoms with Crippen molar-refractivity contribution in [2.75, 3.05) is 16.8 Å². The molecule has 2 aromatic carbocycles. The first-order valence-electron chi connectivity index (χ1n) is 9.69. The molecule has 1 fully saturated rings. The molecular formula is C21H18ClN5O4S. The molecule has 164 valence electrons. The molecule has 0 aliphatic carbocycles. The molecule has 1 N–H and O–H groups in total. The van der Waals surface area contributed by atoms with E-state index in [1.807, 2.05) is 19.1 Å². The molecule has 1 aliphatic heterocycles. The average Bonchev–Trinajstić information content (AvgIpc) is 3.36. The van der Waals surface area contributed by atoms with Crippen LogP contribution in [-0.2, 0) is 4.79 Å². The van der Waals surface area contributed by atoms with Crippen LogP contribution in [0.4, 0.5) is 16.5 Å². The number of aryl methyl sites for hydroxylation is 2. The first kappa shape index (κ1) is 21.8. The Balaban J connectivity index is 1.45. The van der Waals surface area contributed by atoms with E-state index in [1.165, 1.54) is 29.5 Å². The van der Waals surface area contributed by atoms with E-state index in [4.69, 9.17) is 11.6 Å². The summed E-state index contributed by atoms with van der Waals surface area (Å²) in [6, 6.07) is 9.65. The van der Waals surface area contributed by atoms with Gasteiger partial charge in [0.15, 0.2) is 0 Å². The summed E-state index contributed by atoms with van der Waals surface area (Å²) in [7, 11) is 0. The maximum absolute atomic E-state index is 12.6. The predicted octanol–water partition coefficient (Wildman–Crippen LogP) is 4.49. The molecular weight excluding hydrogens is 454 g/mol. The van der Waals surface area contributed by atoms with Crippen molar-refractivity contribution in [3.8, 4) is 0 Å². The molecule has 1 saturated heterocycles. The van der Waals surface area contributed by atoms with Gasteiger partial charge in [-0.3, -0.25) is 25.0 Å². The number of carbonyl (C=O) groups excluding carboxylic acids is 2. The van der Waals surface area contributed by atoms with Crippen LogP contribution >= 0.6 is 22.9 Å². The number of hydrogen-bond donors (Lipinski definition) is 1. The van der Waals surface area contributed by atoms with Crippen molar-refractivity contribution in [1.29, 1.82) is 0 Å². The molecule has 1 aromatic heterocycles. The van der Waals surface area contributed by atoms with Crippen LogP contribution in [-0.4, -0.2) is 33.5 Å². The summed E-state index contributed by atoms with van der Waals surface area (Å²) in [6.45, 7) is 3.92. The van der Waals surface area contributed by atoms with Crippen molar-refractivity contribution in [2.24, 2.45) is 0 Å². The number of carbonyl (C=O) groups is 2. The fourth-order valence-corrected chi connectivity index (χ4v) is 4.50. The Bertz CT molecular complexity index is 1240. The number of benzene rings is 2. The van der Waals surface area contributed by atoms with E-state index in [0.717, 1.165) is 11.3 Å². The van der Waals surface area contributed by atoms with Gasteiger partial charge in [0.1, 0.15) is 5.01 Å². The lowest BCUT2D eigenvalue weighted by Gasteiger charge is -2.17. The molecule has 9 nitrogen and oxygen atoms in total. The van der Waals surface area contributed by atoms with Crippen molar-refractivity contribution in [3.63, 3.8) is 0 Å². The number of amides is 2. The third kappa shape index (κ3) is 4.32. The lowest BCUT2D eigenvalue weighted by molar-refractivity contribution is -0.385. The van der Waals surface area contributed by atoms with E-state index in [-0.39, 0.29) is 29.5 Å². The number of rotatable bonds is 5. The highest BCUT2D eigenvalue weighted by molar-refractivity contribution is 7.15. The first-order valence-corrected chi connectivity index (χ1v) is 10.9. The van der Waals surface area contributed by atoms with Crippen LogP contribution in [0.25, 0.3) is 0 Å². The highest BCUT2D eigenvalue weighted by atomic mass is 35.5. The van der Waals surface area contributed by atoms with Gasteiger partial charge < -0.3 is 4.90 Å². The van der Waals surface area contributed by atoms with Crippen molar-refractivity contribution in [1.82, 2.24) is 10.2 Å². The van der Waals surface area contributed by atoms with Gasteiger partial charge in [0.2, 0.25) is 11.0 Å². The number of hydrogen-bond acceptors (Lipinski definition) is 7. The normalized spacial score (nSPS) is 15.8. The van der Waals surface area contributed by atoms with Gasteiger partial charge in [-0.05, 0) is 43.7 Å². The molecule has 0 radical (unpaired) electrons. The van der Waals surface area contributed by atoms with E-state index in [1.54, 1.807) is 17.9 Å². The van der Waals surface area contributed by atoms with Gasteiger partial charge in [-0.1, -0.05) is 29.0 Å². The molecule has 0 saturated carbocycles. The van der Waals surface area contributed by atoms with E-state index < -0.39 is 10.8 Å². The van der Waals surface area contributed by atoms with Crippen LogP contribution in [0.5, 0.6) is 0 Å². The van der Waals surface area contributed by atoms with Gasteiger partial charge in [0.05, 0.1) is 4.92 Å². The number of aromatic nitrogens is 2. The molecule has 11 heteroatoms. The quantitative estimate of drug-likeness (QED) is 0.432. The van der Waals surface area contributed by atoms with E-state index in [9.17, 15) is 19.7 Å². The molecule has 32 heavy (non-hydrogen) atoms. The lowest BCUT2D eigenvalue weighted by Crippen LogP contribution is -2.24. The minimum Gasteiger partial charge on any atom is -0.312 e. The second-order valence-corrected chi connectivity index (χ2v) is 8.91. The second kappa shape index (κ2) is 8.64. The number of nitro benzene ring substituents is 1. The largest absolute Gasteiger partial charge is 0.312 e. The molecule has 1 unspecified atom stereocenters. The van der Waals surface area contributed by atoms with E-state index in [2.05, 4.69) is 15.5 Å². The molecule has 4 rings (SSSR count). The van der Waals surface area contributed by atoms with Crippen LogP contribution in [0.15, 0.2) is 36.4 Å². The Morgan fingerprint density at radius 1 is 1.22 bits per heavy atom. The van der Waals surface area contributed by atoms with Crippen molar-refractivity contribution in [3.05, 3.63) is 73.2 Å². The summed E-state index contributed by atoms with van der Waals surface area (Å²) in [5, 5.41) is 23.3. The van der Waals surface area contributed by atoms with Gasteiger partial charge in [-0.15, -0.1) is 10.2 Å². The van der Waals surface area contributed by atoms with Crippen LogP contribution in [0.3, 0.4) is 0 Å². The van der Waals surface area contributed by atoms with Crippen molar-refractivity contribution >= 4 is 51.3 Å². The Hall–Kier alpha value is -3.37. The predicted molar refractivity (Wildman–Crippen MR) is 122 cm³/mol. The van der Waals surface area contributed by atoms with Crippen LogP contribution < -0.4 is 10.2 Å². The fraction of sp³-hybridized carbons (Fsp3) is 0.238. The maximum Gasteiger partial charge on any atom is 0.272 e. The zero-order valence-corrected chi connectivity index (χ0v) is 18.7. The summed E-state index contributed by atoms with van der Waals surface area (Å²) in [6.07, 6.45) is 0.287. The molecule has 1 atom stereocenters. The summed E-state index contributed by atoms with van der Waals surface area (Å²) in [5.41, 5.74) is 2.29.